The molecule has 0 bridgehead atoms. The molecule has 5 nitrogen and oxygen atoms in total. The molecule has 1 saturated heterocycles. The Labute approximate surface area is 126 Å². The number of morpholine rings is 1. The molecular formula is C15H23NO4S. The minimum Gasteiger partial charge on any atom is -0.492 e. The van der Waals surface area contributed by atoms with Gasteiger partial charge in [0.15, 0.2) is 0 Å². The number of nitrogens with zero attached hydrogens (tertiary/aromatic N) is 1. The number of sulfonamides is 1. The third kappa shape index (κ3) is 3.56. The van der Waals surface area contributed by atoms with Crippen molar-refractivity contribution in [1.82, 2.24) is 4.31 Å². The van der Waals surface area contributed by atoms with Crippen LogP contribution in [0.15, 0.2) is 23.1 Å². The summed E-state index contributed by atoms with van der Waals surface area (Å²) in [6.45, 7) is 8.02. The summed E-state index contributed by atoms with van der Waals surface area (Å²) in [4.78, 5) is 0.262. The lowest BCUT2D eigenvalue weighted by Crippen LogP contribution is -2.40. The quantitative estimate of drug-likeness (QED) is 0.836. The molecule has 0 aromatic heterocycles. The first-order valence-electron chi connectivity index (χ1n) is 7.31. The molecule has 0 amide bonds. The highest BCUT2D eigenvalue weighted by Crippen LogP contribution is 2.30. The average Bonchev–Trinajstić information content (AvgIpc) is 2.48. The highest BCUT2D eigenvalue weighted by Gasteiger charge is 2.29. The van der Waals surface area contributed by atoms with E-state index in [0.717, 1.165) is 5.56 Å². The first-order chi connectivity index (χ1) is 9.96. The van der Waals surface area contributed by atoms with Crippen molar-refractivity contribution in [2.45, 2.75) is 31.6 Å². The minimum atomic E-state index is -3.54. The molecular weight excluding hydrogens is 290 g/mol. The van der Waals surface area contributed by atoms with Gasteiger partial charge in [0.1, 0.15) is 10.6 Å². The number of hydrogen-bond acceptors (Lipinski definition) is 4. The molecule has 1 aromatic carbocycles. The van der Waals surface area contributed by atoms with Crippen molar-refractivity contribution in [1.29, 1.82) is 0 Å². The maximum absolute atomic E-state index is 12.8. The predicted molar refractivity (Wildman–Crippen MR) is 81.3 cm³/mol. The molecule has 0 atom stereocenters. The van der Waals surface area contributed by atoms with Gasteiger partial charge in [-0.3, -0.25) is 0 Å². The summed E-state index contributed by atoms with van der Waals surface area (Å²) in [6.07, 6.45) is 0. The van der Waals surface area contributed by atoms with Crippen molar-refractivity contribution in [2.24, 2.45) is 0 Å². The smallest absolute Gasteiger partial charge is 0.246 e. The lowest BCUT2D eigenvalue weighted by molar-refractivity contribution is 0.0729. The third-order valence-corrected chi connectivity index (χ3v) is 5.44. The van der Waals surface area contributed by atoms with Crippen molar-refractivity contribution in [2.75, 3.05) is 32.9 Å². The van der Waals surface area contributed by atoms with Crippen molar-refractivity contribution in [3.05, 3.63) is 23.8 Å². The van der Waals surface area contributed by atoms with Gasteiger partial charge in [0, 0.05) is 13.1 Å². The van der Waals surface area contributed by atoms with Crippen LogP contribution in [-0.4, -0.2) is 45.6 Å². The topological polar surface area (TPSA) is 55.8 Å². The standard InChI is InChI=1S/C15H23NO4S/c1-4-20-14-6-5-13(12(2)3)11-15(14)21(17,18)16-7-9-19-10-8-16/h5-6,11-12H,4,7-10H2,1-3H3. The van der Waals surface area contributed by atoms with Crippen LogP contribution < -0.4 is 4.74 Å². The Morgan fingerprint density at radius 1 is 1.29 bits per heavy atom. The largest absolute Gasteiger partial charge is 0.492 e. The second-order valence-corrected chi connectivity index (χ2v) is 7.22. The number of rotatable bonds is 5. The van der Waals surface area contributed by atoms with Gasteiger partial charge in [0.05, 0.1) is 19.8 Å². The molecule has 0 saturated carbocycles. The van der Waals surface area contributed by atoms with Gasteiger partial charge >= 0.3 is 0 Å². The summed E-state index contributed by atoms with van der Waals surface area (Å²) in [5, 5.41) is 0. The molecule has 0 unspecified atom stereocenters. The van der Waals surface area contributed by atoms with Gasteiger partial charge in [-0.15, -0.1) is 0 Å². The first kappa shape index (κ1) is 16.3. The van der Waals surface area contributed by atoms with Crippen LogP contribution in [0.1, 0.15) is 32.3 Å². The van der Waals surface area contributed by atoms with E-state index in [0.29, 0.717) is 38.7 Å². The second kappa shape index (κ2) is 6.77. The second-order valence-electron chi connectivity index (χ2n) is 5.31. The van der Waals surface area contributed by atoms with Gasteiger partial charge in [-0.2, -0.15) is 4.31 Å². The van der Waals surface area contributed by atoms with E-state index in [4.69, 9.17) is 9.47 Å². The molecule has 0 N–H and O–H groups in total. The highest BCUT2D eigenvalue weighted by molar-refractivity contribution is 7.89. The maximum atomic E-state index is 12.8. The van der Waals surface area contributed by atoms with Crippen LogP contribution in [-0.2, 0) is 14.8 Å². The Morgan fingerprint density at radius 3 is 2.52 bits per heavy atom. The van der Waals surface area contributed by atoms with E-state index < -0.39 is 10.0 Å². The van der Waals surface area contributed by atoms with Crippen molar-refractivity contribution in [3.8, 4) is 5.75 Å². The highest BCUT2D eigenvalue weighted by atomic mass is 32.2. The van der Waals surface area contributed by atoms with E-state index >= 15 is 0 Å². The van der Waals surface area contributed by atoms with E-state index in [1.807, 2.05) is 26.8 Å². The molecule has 21 heavy (non-hydrogen) atoms. The summed E-state index contributed by atoms with van der Waals surface area (Å²) in [7, 11) is -3.54. The lowest BCUT2D eigenvalue weighted by Gasteiger charge is -2.27. The van der Waals surface area contributed by atoms with E-state index in [2.05, 4.69) is 0 Å². The van der Waals surface area contributed by atoms with Gasteiger partial charge in [0.2, 0.25) is 10.0 Å². The fourth-order valence-corrected chi connectivity index (χ4v) is 3.86. The monoisotopic (exact) mass is 313 g/mol. The van der Waals surface area contributed by atoms with Crippen LogP contribution in [0.3, 0.4) is 0 Å². The summed E-state index contributed by atoms with van der Waals surface area (Å²) >= 11 is 0. The van der Waals surface area contributed by atoms with Crippen molar-refractivity contribution >= 4 is 10.0 Å². The number of hydrogen-bond donors (Lipinski definition) is 0. The van der Waals surface area contributed by atoms with Gasteiger partial charge in [0.25, 0.3) is 0 Å². The van der Waals surface area contributed by atoms with Crippen LogP contribution in [0, 0.1) is 0 Å². The summed E-state index contributed by atoms with van der Waals surface area (Å²) in [5.41, 5.74) is 0.991. The molecule has 118 valence electrons. The Kier molecular flexibility index (Phi) is 5.24. The Bertz CT molecular complexity index is 577. The normalized spacial score (nSPS) is 17.1. The van der Waals surface area contributed by atoms with Crippen LogP contribution >= 0.6 is 0 Å². The van der Waals surface area contributed by atoms with E-state index in [1.165, 1.54) is 4.31 Å². The minimum absolute atomic E-state index is 0.262. The van der Waals surface area contributed by atoms with Crippen LogP contribution in [0.25, 0.3) is 0 Å². The molecule has 0 spiro atoms. The zero-order valence-corrected chi connectivity index (χ0v) is 13.6. The SMILES string of the molecule is CCOc1ccc(C(C)C)cc1S(=O)(=O)N1CCOCC1. The third-order valence-electron chi connectivity index (χ3n) is 3.52. The molecule has 1 aliphatic heterocycles. The van der Waals surface area contributed by atoms with Gasteiger partial charge in [-0.1, -0.05) is 19.9 Å². The number of benzene rings is 1. The van der Waals surface area contributed by atoms with Crippen molar-refractivity contribution < 1.29 is 17.9 Å². The lowest BCUT2D eigenvalue weighted by atomic mass is 10.0. The maximum Gasteiger partial charge on any atom is 0.246 e. The Morgan fingerprint density at radius 2 is 1.95 bits per heavy atom. The summed E-state index contributed by atoms with van der Waals surface area (Å²) < 4.78 is 37.9. The van der Waals surface area contributed by atoms with Gasteiger partial charge in [-0.05, 0) is 30.5 Å². The van der Waals surface area contributed by atoms with Crippen LogP contribution in [0.2, 0.25) is 0 Å². The molecule has 2 rings (SSSR count). The van der Waals surface area contributed by atoms with E-state index in [-0.39, 0.29) is 10.8 Å². The van der Waals surface area contributed by atoms with Gasteiger partial charge < -0.3 is 9.47 Å². The van der Waals surface area contributed by atoms with E-state index in [9.17, 15) is 8.42 Å². The molecule has 0 aliphatic carbocycles. The summed E-state index contributed by atoms with van der Waals surface area (Å²) in [5.74, 6) is 0.688. The first-order valence-corrected chi connectivity index (χ1v) is 8.75. The zero-order valence-electron chi connectivity index (χ0n) is 12.8. The Hall–Kier alpha value is -1.11. The average molecular weight is 313 g/mol. The molecule has 1 aliphatic rings. The molecule has 1 aromatic rings. The van der Waals surface area contributed by atoms with Gasteiger partial charge in [-0.25, -0.2) is 8.42 Å². The number of ether oxygens (including phenoxy) is 2. The van der Waals surface area contributed by atoms with Crippen molar-refractivity contribution in [3.63, 3.8) is 0 Å². The molecule has 6 heteroatoms. The predicted octanol–water partition coefficient (Wildman–Crippen LogP) is 2.23. The van der Waals surface area contributed by atoms with Crippen LogP contribution in [0.5, 0.6) is 5.75 Å². The fourth-order valence-electron chi connectivity index (χ4n) is 2.29. The molecule has 0 radical (unpaired) electrons. The summed E-state index contributed by atoms with van der Waals surface area (Å²) in [6, 6.07) is 5.42. The molecule has 1 heterocycles. The Balaban J connectivity index is 2.45. The van der Waals surface area contributed by atoms with E-state index in [1.54, 1.807) is 12.1 Å². The zero-order chi connectivity index (χ0) is 15.5. The fraction of sp³-hybridized carbons (Fsp3) is 0.600. The van der Waals surface area contributed by atoms with Crippen LogP contribution in [0.4, 0.5) is 0 Å². The molecule has 1 fully saturated rings.